The van der Waals surface area contributed by atoms with Crippen LogP contribution in [0.5, 0.6) is 0 Å². The lowest BCUT2D eigenvalue weighted by molar-refractivity contribution is -0.130. The fourth-order valence-electron chi connectivity index (χ4n) is 4.19. The van der Waals surface area contributed by atoms with Gasteiger partial charge < -0.3 is 10.0 Å². The van der Waals surface area contributed by atoms with E-state index in [0.29, 0.717) is 26.2 Å². The minimum Gasteiger partial charge on any atom is -0.503 e. The molecule has 0 fully saturated rings. The van der Waals surface area contributed by atoms with Crippen molar-refractivity contribution in [3.8, 4) is 10.6 Å². The van der Waals surface area contributed by atoms with Crippen molar-refractivity contribution in [3.63, 3.8) is 0 Å². The number of hydrogen-bond acceptors (Lipinski definition) is 6. The number of nitrogens with zero attached hydrogens (tertiary/aromatic N) is 3. The van der Waals surface area contributed by atoms with Gasteiger partial charge in [-0.1, -0.05) is 60.1 Å². The Balaban J connectivity index is 1.59. The summed E-state index contributed by atoms with van der Waals surface area (Å²) in [5.74, 6) is -1.60. The fourth-order valence-corrected chi connectivity index (χ4v) is 5.42. The summed E-state index contributed by atoms with van der Waals surface area (Å²) < 4.78 is 0. The molecule has 2 aromatic heterocycles. The zero-order valence-electron chi connectivity index (χ0n) is 18.7. The lowest BCUT2D eigenvalue weighted by Gasteiger charge is -2.27. The van der Waals surface area contributed by atoms with Gasteiger partial charge in [0.1, 0.15) is 5.01 Å². The molecule has 0 spiro atoms. The summed E-state index contributed by atoms with van der Waals surface area (Å²) in [6.07, 6.45) is 3.30. The second-order valence-corrected chi connectivity index (χ2v) is 9.58. The molecule has 6 nitrogen and oxygen atoms in total. The molecule has 8 heteroatoms. The maximum Gasteiger partial charge on any atom is 0.290 e. The summed E-state index contributed by atoms with van der Waals surface area (Å²) in [7, 11) is 0. The molecule has 1 unspecified atom stereocenters. The highest BCUT2D eigenvalue weighted by atomic mass is 35.5. The van der Waals surface area contributed by atoms with E-state index in [9.17, 15) is 14.7 Å². The largest absolute Gasteiger partial charge is 0.503 e. The van der Waals surface area contributed by atoms with E-state index in [2.05, 4.69) is 9.97 Å². The number of ketones is 1. The normalized spacial score (nSPS) is 15.7. The SMILES string of the molecule is Cc1nc(-c2ccccc2)sc1C(=O)C1=C(O)C(=O)N(Cc2cccnc2)C1c1cccc(Cl)c1. The number of Topliss-reactive ketones (excluding diaryl/α,β-unsaturated/α-hetero) is 1. The average molecular weight is 502 g/mol. The third-order valence-corrected chi connectivity index (χ3v) is 7.25. The van der Waals surface area contributed by atoms with Crippen molar-refractivity contribution in [2.75, 3.05) is 0 Å². The van der Waals surface area contributed by atoms with E-state index in [4.69, 9.17) is 11.6 Å². The molecule has 0 radical (unpaired) electrons. The predicted molar refractivity (Wildman–Crippen MR) is 135 cm³/mol. The van der Waals surface area contributed by atoms with Crippen molar-refractivity contribution in [3.05, 3.63) is 117 Å². The molecule has 174 valence electrons. The quantitative estimate of drug-likeness (QED) is 0.330. The lowest BCUT2D eigenvalue weighted by Crippen LogP contribution is -2.30. The van der Waals surface area contributed by atoms with Crippen LogP contribution in [0.25, 0.3) is 10.6 Å². The summed E-state index contributed by atoms with van der Waals surface area (Å²) >= 11 is 7.50. The van der Waals surface area contributed by atoms with Crippen molar-refractivity contribution in [2.24, 2.45) is 0 Å². The Bertz CT molecular complexity index is 1450. The van der Waals surface area contributed by atoms with Crippen LogP contribution in [0, 0.1) is 6.92 Å². The molecule has 2 aromatic carbocycles. The predicted octanol–water partition coefficient (Wildman–Crippen LogP) is 5.95. The van der Waals surface area contributed by atoms with Crippen LogP contribution in [0.1, 0.15) is 32.5 Å². The molecule has 0 saturated heterocycles. The third kappa shape index (κ3) is 4.36. The van der Waals surface area contributed by atoms with Crippen LogP contribution in [0.4, 0.5) is 0 Å². The second-order valence-electron chi connectivity index (χ2n) is 8.14. The van der Waals surface area contributed by atoms with E-state index in [1.807, 2.05) is 36.4 Å². The Morgan fingerprint density at radius 2 is 1.91 bits per heavy atom. The van der Waals surface area contributed by atoms with Gasteiger partial charge >= 0.3 is 0 Å². The fraction of sp³-hybridized carbons (Fsp3) is 0.111. The highest BCUT2D eigenvalue weighted by Crippen LogP contribution is 2.42. The summed E-state index contributed by atoms with van der Waals surface area (Å²) in [4.78, 5) is 37.7. The Kier molecular flexibility index (Phi) is 6.19. The minimum absolute atomic E-state index is 0.0209. The number of rotatable bonds is 6. The molecule has 1 atom stereocenters. The van der Waals surface area contributed by atoms with Crippen LogP contribution in [0.15, 0.2) is 90.5 Å². The molecule has 0 bridgehead atoms. The van der Waals surface area contributed by atoms with Gasteiger partial charge in [-0.05, 0) is 36.2 Å². The van der Waals surface area contributed by atoms with Gasteiger partial charge in [0.25, 0.3) is 5.91 Å². The highest BCUT2D eigenvalue weighted by molar-refractivity contribution is 7.17. The number of carbonyl (C=O) groups is 2. The number of thiazole rings is 1. The first-order chi connectivity index (χ1) is 16.9. The lowest BCUT2D eigenvalue weighted by atomic mass is 9.95. The molecular weight excluding hydrogens is 482 g/mol. The van der Waals surface area contributed by atoms with Crippen LogP contribution < -0.4 is 0 Å². The maximum absolute atomic E-state index is 13.9. The number of aliphatic hydroxyl groups is 1. The van der Waals surface area contributed by atoms with Gasteiger partial charge in [-0.25, -0.2) is 4.98 Å². The zero-order chi connectivity index (χ0) is 24.5. The number of halogens is 1. The van der Waals surface area contributed by atoms with E-state index in [1.165, 1.54) is 16.2 Å². The van der Waals surface area contributed by atoms with Crippen molar-refractivity contribution in [2.45, 2.75) is 19.5 Å². The number of hydrogen-bond donors (Lipinski definition) is 1. The van der Waals surface area contributed by atoms with Crippen LogP contribution in [0.2, 0.25) is 5.02 Å². The van der Waals surface area contributed by atoms with Crippen LogP contribution >= 0.6 is 22.9 Å². The standard InChI is InChI=1S/C27H20ClN3O3S/c1-16-25(35-26(30-16)18-8-3-2-4-9-18)23(32)21-22(19-10-5-11-20(28)13-19)31(27(34)24(21)33)15-17-7-6-12-29-14-17/h2-14,22,33H,15H2,1H3. The van der Waals surface area contributed by atoms with Gasteiger partial charge in [0.15, 0.2) is 5.76 Å². The molecule has 1 amide bonds. The first-order valence-corrected chi connectivity index (χ1v) is 12.1. The average Bonchev–Trinajstić information content (AvgIpc) is 3.38. The number of aliphatic hydroxyl groups excluding tert-OH is 1. The molecule has 4 aromatic rings. The first kappa shape index (κ1) is 23.0. The monoisotopic (exact) mass is 501 g/mol. The Hall–Kier alpha value is -3.81. The van der Waals surface area contributed by atoms with E-state index >= 15 is 0 Å². The molecule has 0 saturated carbocycles. The van der Waals surface area contributed by atoms with Crippen molar-refractivity contribution in [1.82, 2.24) is 14.9 Å². The van der Waals surface area contributed by atoms with Crippen LogP contribution in [-0.2, 0) is 11.3 Å². The minimum atomic E-state index is -0.810. The number of aromatic nitrogens is 2. The molecule has 5 rings (SSSR count). The van der Waals surface area contributed by atoms with E-state index < -0.39 is 23.5 Å². The third-order valence-electron chi connectivity index (χ3n) is 5.81. The van der Waals surface area contributed by atoms with Crippen LogP contribution in [0.3, 0.4) is 0 Å². The van der Waals surface area contributed by atoms with E-state index in [1.54, 1.807) is 49.6 Å². The summed E-state index contributed by atoms with van der Waals surface area (Å²) in [6.45, 7) is 1.92. The zero-order valence-corrected chi connectivity index (χ0v) is 20.3. The van der Waals surface area contributed by atoms with Crippen molar-refractivity contribution in [1.29, 1.82) is 0 Å². The van der Waals surface area contributed by atoms with E-state index in [-0.39, 0.29) is 12.1 Å². The van der Waals surface area contributed by atoms with Crippen molar-refractivity contribution >= 4 is 34.6 Å². The van der Waals surface area contributed by atoms with Crippen LogP contribution in [-0.4, -0.2) is 31.7 Å². The molecular formula is C27H20ClN3O3S. The van der Waals surface area contributed by atoms with E-state index in [0.717, 1.165) is 11.1 Å². The highest BCUT2D eigenvalue weighted by Gasteiger charge is 2.44. The Labute approximate surface area is 211 Å². The number of benzene rings is 2. The molecule has 1 aliphatic rings. The van der Waals surface area contributed by atoms with Gasteiger partial charge in [0.2, 0.25) is 5.78 Å². The Morgan fingerprint density at radius 1 is 1.11 bits per heavy atom. The smallest absolute Gasteiger partial charge is 0.290 e. The number of pyridine rings is 1. The summed E-state index contributed by atoms with van der Waals surface area (Å²) in [6, 6.07) is 19.3. The Morgan fingerprint density at radius 3 is 2.63 bits per heavy atom. The molecule has 3 heterocycles. The summed E-state index contributed by atoms with van der Waals surface area (Å²) in [5.41, 5.74) is 2.86. The topological polar surface area (TPSA) is 83.4 Å². The van der Waals surface area contributed by atoms with Crippen molar-refractivity contribution < 1.29 is 14.7 Å². The second kappa shape index (κ2) is 9.44. The molecule has 1 aliphatic heterocycles. The number of carbonyl (C=O) groups excluding carboxylic acids is 2. The molecule has 1 N–H and O–H groups in total. The molecule has 35 heavy (non-hydrogen) atoms. The van der Waals surface area contributed by atoms with Gasteiger partial charge in [-0.2, -0.15) is 0 Å². The summed E-state index contributed by atoms with van der Waals surface area (Å²) in [5, 5.41) is 12.1. The van der Waals surface area contributed by atoms with Gasteiger partial charge in [0, 0.05) is 29.5 Å². The molecule has 0 aliphatic carbocycles. The first-order valence-electron chi connectivity index (χ1n) is 10.9. The van der Waals surface area contributed by atoms with Gasteiger partial charge in [-0.15, -0.1) is 11.3 Å². The number of aryl methyl sites for hydroxylation is 1. The van der Waals surface area contributed by atoms with Gasteiger partial charge in [0.05, 0.1) is 22.2 Å². The maximum atomic E-state index is 13.9. The van der Waals surface area contributed by atoms with Gasteiger partial charge in [-0.3, -0.25) is 14.6 Å². The number of amides is 1.